The Labute approximate surface area is 90.8 Å². The fraction of sp³-hybridized carbons (Fsp3) is 0. The van der Waals surface area contributed by atoms with E-state index < -0.39 is 0 Å². The molecule has 0 fully saturated rings. The summed E-state index contributed by atoms with van der Waals surface area (Å²) in [5, 5.41) is 0.196. The van der Waals surface area contributed by atoms with Crippen molar-refractivity contribution in [3.05, 3.63) is 29.6 Å². The molecule has 1 aromatic carbocycles. The van der Waals surface area contributed by atoms with Crippen molar-refractivity contribution in [2.24, 2.45) is 0 Å². The number of para-hydroxylation sites is 2. The van der Waals surface area contributed by atoms with E-state index in [0.717, 1.165) is 11.1 Å². The third kappa shape index (κ3) is 1.76. The van der Waals surface area contributed by atoms with Crippen LogP contribution in [0.4, 0.5) is 0 Å². The Morgan fingerprint density at radius 2 is 2.00 bits per heavy atom. The summed E-state index contributed by atoms with van der Waals surface area (Å²) in [7, 11) is 0. The van der Waals surface area contributed by atoms with Crippen LogP contribution >= 0.6 is 11.6 Å². The number of hydrogen-bond acceptors (Lipinski definition) is 2. The molecule has 0 N–H and O–H groups in total. The van der Waals surface area contributed by atoms with Gasteiger partial charge in [0, 0.05) is 0 Å². The Bertz CT molecular complexity index is 327. The van der Waals surface area contributed by atoms with Gasteiger partial charge in [-0.1, -0.05) is 12.1 Å². The van der Waals surface area contributed by atoms with Gasteiger partial charge >= 0.3 is 29.6 Å². The second-order valence-corrected chi connectivity index (χ2v) is 2.26. The Morgan fingerprint density at radius 1 is 1.27 bits per heavy atom. The van der Waals surface area contributed by atoms with Gasteiger partial charge < -0.3 is 4.42 Å². The van der Waals surface area contributed by atoms with E-state index in [4.69, 9.17) is 16.0 Å². The van der Waals surface area contributed by atoms with Crippen molar-refractivity contribution >= 4 is 22.7 Å². The van der Waals surface area contributed by atoms with Crippen molar-refractivity contribution < 1.29 is 34.0 Å². The molecular formula is C7H4ClNNaO+. The van der Waals surface area contributed by atoms with Crippen LogP contribution in [0.15, 0.2) is 28.7 Å². The predicted octanol–water partition coefficient (Wildman–Crippen LogP) is -0.515. The van der Waals surface area contributed by atoms with Crippen LogP contribution in [-0.2, 0) is 0 Å². The van der Waals surface area contributed by atoms with E-state index in [-0.39, 0.29) is 34.9 Å². The van der Waals surface area contributed by atoms with Crippen LogP contribution in [0.5, 0.6) is 0 Å². The normalized spacial score (nSPS) is 9.55. The van der Waals surface area contributed by atoms with Gasteiger partial charge in [0.2, 0.25) is 0 Å². The zero-order valence-corrected chi connectivity index (χ0v) is 8.80. The molecule has 11 heavy (non-hydrogen) atoms. The molecule has 0 aliphatic carbocycles. The zero-order valence-electron chi connectivity index (χ0n) is 6.04. The number of aromatic nitrogens is 1. The topological polar surface area (TPSA) is 26.0 Å². The van der Waals surface area contributed by atoms with Crippen LogP contribution in [0.2, 0.25) is 5.35 Å². The van der Waals surface area contributed by atoms with Gasteiger partial charge in [0.15, 0.2) is 5.58 Å². The fourth-order valence-electron chi connectivity index (χ4n) is 0.844. The predicted molar refractivity (Wildman–Crippen MR) is 39.0 cm³/mol. The van der Waals surface area contributed by atoms with Gasteiger partial charge in [-0.15, -0.1) is 0 Å². The number of hydrogen-bond donors (Lipinski definition) is 0. The van der Waals surface area contributed by atoms with E-state index in [1.165, 1.54) is 0 Å². The van der Waals surface area contributed by atoms with Gasteiger partial charge in [0.1, 0.15) is 5.52 Å². The monoisotopic (exact) mass is 176 g/mol. The van der Waals surface area contributed by atoms with Crippen LogP contribution in [0.3, 0.4) is 0 Å². The molecule has 2 nitrogen and oxygen atoms in total. The van der Waals surface area contributed by atoms with E-state index >= 15 is 0 Å². The number of oxazole rings is 1. The summed E-state index contributed by atoms with van der Waals surface area (Å²) in [6, 6.07) is 7.45. The van der Waals surface area contributed by atoms with Gasteiger partial charge in [0.25, 0.3) is 5.35 Å². The summed E-state index contributed by atoms with van der Waals surface area (Å²) in [5.74, 6) is 0. The fourth-order valence-corrected chi connectivity index (χ4v) is 1.02. The van der Waals surface area contributed by atoms with E-state index in [9.17, 15) is 0 Å². The number of halogens is 1. The number of benzene rings is 1. The number of rotatable bonds is 0. The van der Waals surface area contributed by atoms with Gasteiger partial charge in [0.05, 0.1) is 0 Å². The first kappa shape index (κ1) is 9.07. The SMILES string of the molecule is Clc1nc2ccccc2o1.[Na+]. The van der Waals surface area contributed by atoms with Crippen LogP contribution in [-0.4, -0.2) is 4.98 Å². The maximum absolute atomic E-state index is 5.51. The number of nitrogens with zero attached hydrogens (tertiary/aromatic N) is 1. The molecule has 0 atom stereocenters. The quantitative estimate of drug-likeness (QED) is 0.505. The third-order valence-corrected chi connectivity index (χ3v) is 1.43. The molecule has 0 aliphatic rings. The molecule has 1 aromatic heterocycles. The second kappa shape index (κ2) is 3.59. The Balaban J connectivity index is 0.000000605. The summed E-state index contributed by atoms with van der Waals surface area (Å²) in [5.41, 5.74) is 1.53. The number of fused-ring (bicyclic) bond motifs is 1. The third-order valence-electron chi connectivity index (χ3n) is 1.27. The van der Waals surface area contributed by atoms with Crippen molar-refractivity contribution in [1.29, 1.82) is 0 Å². The Morgan fingerprint density at radius 3 is 2.73 bits per heavy atom. The van der Waals surface area contributed by atoms with E-state index in [1.807, 2.05) is 24.3 Å². The smallest absolute Gasteiger partial charge is 0.428 e. The molecule has 0 spiro atoms. The van der Waals surface area contributed by atoms with Crippen LogP contribution < -0.4 is 29.6 Å². The van der Waals surface area contributed by atoms with Crippen molar-refractivity contribution in [3.63, 3.8) is 0 Å². The first-order valence-corrected chi connectivity index (χ1v) is 3.25. The molecule has 1 heterocycles. The molecule has 2 rings (SSSR count). The van der Waals surface area contributed by atoms with E-state index in [0.29, 0.717) is 0 Å². The molecule has 2 aromatic rings. The molecule has 4 heteroatoms. The first-order chi connectivity index (χ1) is 4.86. The van der Waals surface area contributed by atoms with Gasteiger partial charge in [-0.25, -0.2) is 0 Å². The van der Waals surface area contributed by atoms with Crippen molar-refractivity contribution in [3.8, 4) is 0 Å². The molecule has 0 saturated heterocycles. The second-order valence-electron chi connectivity index (χ2n) is 1.93. The van der Waals surface area contributed by atoms with Gasteiger partial charge in [-0.3, -0.25) is 0 Å². The first-order valence-electron chi connectivity index (χ1n) is 2.87. The standard InChI is InChI=1S/C7H4ClNO.Na/c8-7-9-5-3-1-2-4-6(5)10-7;/h1-4H;/q;+1. The van der Waals surface area contributed by atoms with Gasteiger partial charge in [-0.2, -0.15) is 4.98 Å². The largest absolute Gasteiger partial charge is 1.00 e. The maximum Gasteiger partial charge on any atom is 1.00 e. The molecule has 0 unspecified atom stereocenters. The minimum absolute atomic E-state index is 0. The van der Waals surface area contributed by atoms with E-state index in [2.05, 4.69) is 4.98 Å². The minimum atomic E-state index is 0. The minimum Gasteiger partial charge on any atom is -0.428 e. The van der Waals surface area contributed by atoms with Crippen molar-refractivity contribution in [1.82, 2.24) is 4.98 Å². The molecule has 0 amide bonds. The molecule has 0 saturated carbocycles. The average Bonchev–Trinajstić information content (AvgIpc) is 2.27. The summed E-state index contributed by atoms with van der Waals surface area (Å²) in [4.78, 5) is 3.91. The Kier molecular flexibility index (Phi) is 2.96. The zero-order chi connectivity index (χ0) is 6.97. The van der Waals surface area contributed by atoms with E-state index in [1.54, 1.807) is 0 Å². The molecule has 0 radical (unpaired) electrons. The Hall–Kier alpha value is -0.0200. The molecule has 0 bridgehead atoms. The summed E-state index contributed by atoms with van der Waals surface area (Å²) in [6.07, 6.45) is 0. The van der Waals surface area contributed by atoms with Crippen LogP contribution in [0.25, 0.3) is 11.1 Å². The maximum atomic E-state index is 5.51. The molecule has 0 aliphatic heterocycles. The average molecular weight is 177 g/mol. The summed E-state index contributed by atoms with van der Waals surface area (Å²) >= 11 is 5.51. The summed E-state index contributed by atoms with van der Waals surface area (Å²) in [6.45, 7) is 0. The van der Waals surface area contributed by atoms with Crippen LogP contribution in [0.1, 0.15) is 0 Å². The van der Waals surface area contributed by atoms with Gasteiger partial charge in [-0.05, 0) is 23.7 Å². The van der Waals surface area contributed by atoms with Crippen LogP contribution in [0, 0.1) is 0 Å². The summed E-state index contributed by atoms with van der Waals surface area (Å²) < 4.78 is 5.02. The molecule has 50 valence electrons. The van der Waals surface area contributed by atoms with Crippen molar-refractivity contribution in [2.45, 2.75) is 0 Å². The molecular weight excluding hydrogens is 173 g/mol. The van der Waals surface area contributed by atoms with Crippen molar-refractivity contribution in [2.75, 3.05) is 0 Å².